The molecule has 122 valence electrons. The van der Waals surface area contributed by atoms with Gasteiger partial charge in [-0.05, 0) is 37.1 Å². The molecule has 0 saturated heterocycles. The van der Waals surface area contributed by atoms with Crippen LogP contribution in [0.2, 0.25) is 0 Å². The maximum atomic E-state index is 12.2. The number of hydrazone groups is 1. The van der Waals surface area contributed by atoms with Gasteiger partial charge in [0.25, 0.3) is 0 Å². The molecule has 1 unspecified atom stereocenters. The molecule has 2 aromatic carbocycles. The second-order valence-electron chi connectivity index (χ2n) is 6.71. The lowest BCUT2D eigenvalue weighted by molar-refractivity contribution is -0.123. The van der Waals surface area contributed by atoms with Crippen molar-refractivity contribution < 1.29 is 4.79 Å². The number of fused-ring (bicyclic) bond motifs is 3. The van der Waals surface area contributed by atoms with Crippen LogP contribution in [0.4, 0.5) is 0 Å². The Kier molecular flexibility index (Phi) is 3.93. The molecule has 24 heavy (non-hydrogen) atoms. The first-order valence-corrected chi connectivity index (χ1v) is 9.30. The Balaban J connectivity index is 1.80. The van der Waals surface area contributed by atoms with Crippen molar-refractivity contribution in [2.24, 2.45) is 10.5 Å². The summed E-state index contributed by atoms with van der Waals surface area (Å²) in [5.41, 5.74) is 7.24. The standard InChI is InChI=1S/C20H20N2OS/c1-14-6-8-15(9-7-14)12-20-10-11-24-17-5-3-2-4-16(17)19(20)22-21-18(23)13-20/h2-9H,10-13H2,1H3,(H,21,23). The molecule has 2 aliphatic heterocycles. The monoisotopic (exact) mass is 336 g/mol. The lowest BCUT2D eigenvalue weighted by atomic mass is 9.70. The topological polar surface area (TPSA) is 41.5 Å². The summed E-state index contributed by atoms with van der Waals surface area (Å²) in [6, 6.07) is 17.1. The molecule has 1 amide bonds. The van der Waals surface area contributed by atoms with Crippen molar-refractivity contribution in [1.29, 1.82) is 0 Å². The number of carbonyl (C=O) groups is 1. The highest BCUT2D eigenvalue weighted by atomic mass is 32.2. The average molecular weight is 336 g/mol. The first-order valence-electron chi connectivity index (χ1n) is 8.31. The van der Waals surface area contributed by atoms with Crippen LogP contribution in [0.25, 0.3) is 0 Å². The van der Waals surface area contributed by atoms with Crippen LogP contribution < -0.4 is 5.43 Å². The summed E-state index contributed by atoms with van der Waals surface area (Å²) in [4.78, 5) is 13.4. The number of rotatable bonds is 2. The van der Waals surface area contributed by atoms with E-state index in [1.54, 1.807) is 0 Å². The summed E-state index contributed by atoms with van der Waals surface area (Å²) in [6.07, 6.45) is 2.33. The van der Waals surface area contributed by atoms with Gasteiger partial charge >= 0.3 is 0 Å². The maximum Gasteiger partial charge on any atom is 0.241 e. The van der Waals surface area contributed by atoms with Gasteiger partial charge in [0.2, 0.25) is 5.91 Å². The van der Waals surface area contributed by atoms with Gasteiger partial charge in [0.15, 0.2) is 0 Å². The lowest BCUT2D eigenvalue weighted by Crippen LogP contribution is -2.44. The highest BCUT2D eigenvalue weighted by molar-refractivity contribution is 7.99. The zero-order chi connectivity index (χ0) is 16.6. The normalized spacial score (nSPS) is 22.7. The van der Waals surface area contributed by atoms with Crippen molar-refractivity contribution in [3.63, 3.8) is 0 Å². The number of hydrogen-bond acceptors (Lipinski definition) is 3. The molecule has 0 saturated carbocycles. The van der Waals surface area contributed by atoms with E-state index in [-0.39, 0.29) is 11.3 Å². The van der Waals surface area contributed by atoms with Crippen molar-refractivity contribution in [1.82, 2.24) is 5.43 Å². The molecule has 2 heterocycles. The number of nitrogens with one attached hydrogen (secondary N) is 1. The van der Waals surface area contributed by atoms with Crippen molar-refractivity contribution in [2.75, 3.05) is 5.75 Å². The lowest BCUT2D eigenvalue weighted by Gasteiger charge is -2.36. The Hall–Kier alpha value is -2.07. The largest absolute Gasteiger partial charge is 0.273 e. The second-order valence-corrected chi connectivity index (χ2v) is 7.85. The van der Waals surface area contributed by atoms with Gasteiger partial charge in [0.05, 0.1) is 5.71 Å². The fourth-order valence-corrected chi connectivity index (χ4v) is 4.90. The van der Waals surface area contributed by atoms with Crippen LogP contribution in [0, 0.1) is 12.3 Å². The summed E-state index contributed by atoms with van der Waals surface area (Å²) in [5, 5.41) is 4.52. The zero-order valence-corrected chi connectivity index (χ0v) is 14.5. The predicted molar refractivity (Wildman–Crippen MR) is 98.4 cm³/mol. The van der Waals surface area contributed by atoms with E-state index >= 15 is 0 Å². The smallest absolute Gasteiger partial charge is 0.241 e. The van der Waals surface area contributed by atoms with Crippen LogP contribution in [0.5, 0.6) is 0 Å². The Morgan fingerprint density at radius 1 is 1.17 bits per heavy atom. The van der Waals surface area contributed by atoms with E-state index in [2.05, 4.69) is 66.0 Å². The quantitative estimate of drug-likeness (QED) is 0.902. The van der Waals surface area contributed by atoms with Gasteiger partial charge in [-0.1, -0.05) is 48.0 Å². The molecule has 0 radical (unpaired) electrons. The van der Waals surface area contributed by atoms with E-state index in [1.807, 2.05) is 11.8 Å². The maximum absolute atomic E-state index is 12.2. The highest BCUT2D eigenvalue weighted by Gasteiger charge is 2.43. The third-order valence-electron chi connectivity index (χ3n) is 4.94. The Morgan fingerprint density at radius 2 is 1.96 bits per heavy atom. The summed E-state index contributed by atoms with van der Waals surface area (Å²) in [7, 11) is 0. The van der Waals surface area contributed by atoms with Crippen LogP contribution in [0.3, 0.4) is 0 Å². The molecule has 0 aliphatic carbocycles. The number of amides is 1. The van der Waals surface area contributed by atoms with E-state index in [0.717, 1.165) is 24.3 Å². The number of nitrogens with zero attached hydrogens (tertiary/aromatic N) is 1. The second kappa shape index (κ2) is 6.10. The van der Waals surface area contributed by atoms with Gasteiger partial charge in [-0.15, -0.1) is 11.8 Å². The van der Waals surface area contributed by atoms with Crippen molar-refractivity contribution in [2.45, 2.75) is 31.1 Å². The Labute approximate surface area is 146 Å². The van der Waals surface area contributed by atoms with Gasteiger partial charge in [-0.2, -0.15) is 5.10 Å². The SMILES string of the molecule is Cc1ccc(CC23CCSc4ccccc4C2=NNC(=O)C3)cc1. The van der Waals surface area contributed by atoms with E-state index in [9.17, 15) is 4.79 Å². The van der Waals surface area contributed by atoms with Gasteiger partial charge in [0.1, 0.15) is 0 Å². The third kappa shape index (κ3) is 2.75. The summed E-state index contributed by atoms with van der Waals surface area (Å²) >= 11 is 1.87. The number of thioether (sulfide) groups is 1. The van der Waals surface area contributed by atoms with Crippen molar-refractivity contribution in [3.8, 4) is 0 Å². The Morgan fingerprint density at radius 3 is 2.79 bits per heavy atom. The zero-order valence-electron chi connectivity index (χ0n) is 13.7. The number of hydrogen-bond donors (Lipinski definition) is 1. The molecule has 0 spiro atoms. The van der Waals surface area contributed by atoms with Crippen LogP contribution in [0.1, 0.15) is 29.5 Å². The molecule has 1 N–H and O–H groups in total. The fraction of sp³-hybridized carbons (Fsp3) is 0.300. The molecule has 3 nitrogen and oxygen atoms in total. The molecule has 2 aromatic rings. The first kappa shape index (κ1) is 15.5. The Bertz CT molecular complexity index is 813. The molecule has 4 rings (SSSR count). The number of carbonyl (C=O) groups excluding carboxylic acids is 1. The minimum atomic E-state index is -0.211. The molecule has 4 heteroatoms. The summed E-state index contributed by atoms with van der Waals surface area (Å²) < 4.78 is 0. The molecular formula is C20H20N2OS. The van der Waals surface area contributed by atoms with E-state index < -0.39 is 0 Å². The van der Waals surface area contributed by atoms with Gasteiger partial charge in [-0.25, -0.2) is 5.43 Å². The molecule has 0 fully saturated rings. The average Bonchev–Trinajstić information content (AvgIpc) is 2.73. The van der Waals surface area contributed by atoms with Crippen LogP contribution in [-0.4, -0.2) is 17.4 Å². The third-order valence-corrected chi connectivity index (χ3v) is 6.01. The van der Waals surface area contributed by atoms with Crippen LogP contribution in [0.15, 0.2) is 58.5 Å². The van der Waals surface area contributed by atoms with E-state index in [0.29, 0.717) is 6.42 Å². The van der Waals surface area contributed by atoms with Crippen molar-refractivity contribution >= 4 is 23.4 Å². The van der Waals surface area contributed by atoms with Gasteiger partial charge in [-0.3, -0.25) is 4.79 Å². The minimum Gasteiger partial charge on any atom is -0.273 e. The van der Waals surface area contributed by atoms with Gasteiger partial charge in [0, 0.05) is 22.3 Å². The molecular weight excluding hydrogens is 316 g/mol. The van der Waals surface area contributed by atoms with Gasteiger partial charge < -0.3 is 0 Å². The number of benzene rings is 2. The highest BCUT2D eigenvalue weighted by Crippen LogP contribution is 2.44. The van der Waals surface area contributed by atoms with Crippen molar-refractivity contribution in [3.05, 3.63) is 65.2 Å². The minimum absolute atomic E-state index is 0.0234. The molecule has 1 atom stereocenters. The fourth-order valence-electron chi connectivity index (χ4n) is 3.70. The first-order chi connectivity index (χ1) is 11.7. The van der Waals surface area contributed by atoms with E-state index in [4.69, 9.17) is 0 Å². The summed E-state index contributed by atoms with van der Waals surface area (Å²) in [6.45, 7) is 2.10. The van der Waals surface area contributed by atoms with Crippen LogP contribution in [-0.2, 0) is 11.2 Å². The number of aryl methyl sites for hydroxylation is 1. The molecule has 0 bridgehead atoms. The predicted octanol–water partition coefficient (Wildman–Crippen LogP) is 3.94. The summed E-state index contributed by atoms with van der Waals surface area (Å²) in [5.74, 6) is 1.03. The molecule has 0 aromatic heterocycles. The van der Waals surface area contributed by atoms with E-state index in [1.165, 1.54) is 21.6 Å². The van der Waals surface area contributed by atoms with Crippen LogP contribution >= 0.6 is 11.8 Å². The molecule has 2 aliphatic rings.